The Labute approximate surface area is 115 Å². The van der Waals surface area contributed by atoms with E-state index in [1.807, 2.05) is 12.1 Å². The molecule has 2 rings (SSSR count). The molecule has 0 amide bonds. The smallest absolute Gasteiger partial charge is 0.128 e. The molecule has 1 aromatic heterocycles. The van der Waals surface area contributed by atoms with Crippen LogP contribution in [0.4, 0.5) is 0 Å². The standard InChI is InChI=1S/C17H23NO/c1-11(2)12-10-15(17(3,4)5)18-13-8-7-9-14(19-6)16(12)13/h7-11H,1-6H3. The van der Waals surface area contributed by atoms with Gasteiger partial charge < -0.3 is 4.74 Å². The number of rotatable bonds is 2. The Morgan fingerprint density at radius 1 is 1.16 bits per heavy atom. The van der Waals surface area contributed by atoms with Crippen LogP contribution in [-0.2, 0) is 5.41 Å². The summed E-state index contributed by atoms with van der Waals surface area (Å²) in [4.78, 5) is 4.82. The molecule has 1 heterocycles. The maximum absolute atomic E-state index is 5.50. The molecule has 2 heteroatoms. The van der Waals surface area contributed by atoms with E-state index in [9.17, 15) is 0 Å². The topological polar surface area (TPSA) is 22.1 Å². The van der Waals surface area contributed by atoms with Crippen LogP contribution >= 0.6 is 0 Å². The zero-order valence-electron chi connectivity index (χ0n) is 12.7. The number of ether oxygens (including phenoxy) is 1. The van der Waals surface area contributed by atoms with Gasteiger partial charge in [0.1, 0.15) is 5.75 Å². The van der Waals surface area contributed by atoms with Crippen LogP contribution in [0, 0.1) is 0 Å². The van der Waals surface area contributed by atoms with E-state index in [1.54, 1.807) is 7.11 Å². The van der Waals surface area contributed by atoms with Gasteiger partial charge in [0, 0.05) is 16.5 Å². The van der Waals surface area contributed by atoms with Crippen LogP contribution in [0.3, 0.4) is 0 Å². The van der Waals surface area contributed by atoms with Gasteiger partial charge in [-0.2, -0.15) is 0 Å². The van der Waals surface area contributed by atoms with E-state index in [4.69, 9.17) is 9.72 Å². The minimum absolute atomic E-state index is 0.0565. The molecule has 0 atom stereocenters. The van der Waals surface area contributed by atoms with Crippen molar-refractivity contribution in [3.05, 3.63) is 35.5 Å². The van der Waals surface area contributed by atoms with Crippen molar-refractivity contribution in [2.45, 2.75) is 46.0 Å². The quantitative estimate of drug-likeness (QED) is 0.780. The van der Waals surface area contributed by atoms with Crippen LogP contribution in [0.1, 0.15) is 51.8 Å². The van der Waals surface area contributed by atoms with Crippen molar-refractivity contribution in [2.75, 3.05) is 7.11 Å². The Hall–Kier alpha value is -1.57. The van der Waals surface area contributed by atoms with Gasteiger partial charge in [0.25, 0.3) is 0 Å². The predicted molar refractivity (Wildman–Crippen MR) is 81.1 cm³/mol. The molecule has 0 radical (unpaired) electrons. The maximum atomic E-state index is 5.50. The summed E-state index contributed by atoms with van der Waals surface area (Å²) in [5.41, 5.74) is 3.53. The summed E-state index contributed by atoms with van der Waals surface area (Å²) >= 11 is 0. The molecule has 0 spiro atoms. The Balaban J connectivity index is 2.84. The monoisotopic (exact) mass is 257 g/mol. The summed E-state index contributed by atoms with van der Waals surface area (Å²) in [5.74, 6) is 1.36. The second kappa shape index (κ2) is 4.84. The molecule has 19 heavy (non-hydrogen) atoms. The molecular weight excluding hydrogens is 234 g/mol. The lowest BCUT2D eigenvalue weighted by atomic mass is 9.87. The molecule has 102 valence electrons. The molecule has 0 aliphatic rings. The summed E-state index contributed by atoms with van der Waals surface area (Å²) < 4.78 is 5.50. The fourth-order valence-electron chi connectivity index (χ4n) is 2.29. The number of methoxy groups -OCH3 is 1. The number of aromatic nitrogens is 1. The van der Waals surface area contributed by atoms with E-state index in [0.29, 0.717) is 5.92 Å². The fourth-order valence-corrected chi connectivity index (χ4v) is 2.29. The van der Waals surface area contributed by atoms with Crippen molar-refractivity contribution < 1.29 is 4.74 Å². The molecule has 0 unspecified atom stereocenters. The molecule has 0 fully saturated rings. The van der Waals surface area contributed by atoms with E-state index < -0.39 is 0 Å². The molecule has 0 aliphatic heterocycles. The lowest BCUT2D eigenvalue weighted by Gasteiger charge is -2.22. The van der Waals surface area contributed by atoms with Gasteiger partial charge >= 0.3 is 0 Å². The van der Waals surface area contributed by atoms with E-state index >= 15 is 0 Å². The van der Waals surface area contributed by atoms with Crippen LogP contribution in [0.5, 0.6) is 5.75 Å². The highest BCUT2D eigenvalue weighted by Gasteiger charge is 2.20. The van der Waals surface area contributed by atoms with Gasteiger partial charge in [-0.15, -0.1) is 0 Å². The first kappa shape index (κ1) is 13.9. The normalized spacial score (nSPS) is 12.2. The highest BCUT2D eigenvalue weighted by Crippen LogP contribution is 2.35. The second-order valence-electron chi connectivity index (χ2n) is 6.36. The summed E-state index contributed by atoms with van der Waals surface area (Å²) in [6.07, 6.45) is 0. The van der Waals surface area contributed by atoms with Crippen molar-refractivity contribution in [1.82, 2.24) is 4.98 Å². The number of fused-ring (bicyclic) bond motifs is 1. The molecule has 0 saturated heterocycles. The van der Waals surface area contributed by atoms with Crippen LogP contribution in [0.25, 0.3) is 10.9 Å². The molecule has 0 saturated carbocycles. The number of hydrogen-bond donors (Lipinski definition) is 0. The summed E-state index contributed by atoms with van der Waals surface area (Å²) in [6, 6.07) is 8.31. The van der Waals surface area contributed by atoms with Crippen molar-refractivity contribution >= 4 is 10.9 Å². The first-order valence-corrected chi connectivity index (χ1v) is 6.82. The number of benzene rings is 1. The van der Waals surface area contributed by atoms with Gasteiger partial charge in [0.15, 0.2) is 0 Å². The van der Waals surface area contributed by atoms with Crippen molar-refractivity contribution in [3.63, 3.8) is 0 Å². The average Bonchev–Trinajstić information content (AvgIpc) is 2.35. The van der Waals surface area contributed by atoms with E-state index in [-0.39, 0.29) is 5.41 Å². The minimum Gasteiger partial charge on any atom is -0.496 e. The van der Waals surface area contributed by atoms with Gasteiger partial charge in [-0.3, -0.25) is 4.98 Å². The van der Waals surface area contributed by atoms with E-state index in [2.05, 4.69) is 46.8 Å². The van der Waals surface area contributed by atoms with Gasteiger partial charge in [0.2, 0.25) is 0 Å². The van der Waals surface area contributed by atoms with Crippen LogP contribution in [-0.4, -0.2) is 12.1 Å². The lowest BCUT2D eigenvalue weighted by molar-refractivity contribution is 0.419. The minimum atomic E-state index is 0.0565. The zero-order valence-corrected chi connectivity index (χ0v) is 12.7. The van der Waals surface area contributed by atoms with Gasteiger partial charge in [-0.25, -0.2) is 0 Å². The molecule has 2 nitrogen and oxygen atoms in total. The van der Waals surface area contributed by atoms with Crippen LogP contribution < -0.4 is 4.74 Å². The average molecular weight is 257 g/mol. The van der Waals surface area contributed by atoms with Crippen molar-refractivity contribution in [2.24, 2.45) is 0 Å². The van der Waals surface area contributed by atoms with Crippen LogP contribution in [0.2, 0.25) is 0 Å². The Morgan fingerprint density at radius 2 is 1.84 bits per heavy atom. The zero-order chi connectivity index (χ0) is 14.2. The first-order valence-electron chi connectivity index (χ1n) is 6.82. The van der Waals surface area contributed by atoms with Crippen molar-refractivity contribution in [3.8, 4) is 5.75 Å². The number of pyridine rings is 1. The fraction of sp³-hybridized carbons (Fsp3) is 0.471. The molecule has 0 bridgehead atoms. The number of nitrogens with zero attached hydrogens (tertiary/aromatic N) is 1. The largest absolute Gasteiger partial charge is 0.496 e. The maximum Gasteiger partial charge on any atom is 0.128 e. The molecule has 1 aromatic carbocycles. The Morgan fingerprint density at radius 3 is 2.37 bits per heavy atom. The summed E-state index contributed by atoms with van der Waals surface area (Å²) in [6.45, 7) is 11.0. The highest BCUT2D eigenvalue weighted by molar-refractivity contribution is 5.89. The Bertz CT molecular complexity index is 594. The predicted octanol–water partition coefficient (Wildman–Crippen LogP) is 4.66. The molecule has 2 aromatic rings. The van der Waals surface area contributed by atoms with Crippen LogP contribution in [0.15, 0.2) is 24.3 Å². The summed E-state index contributed by atoms with van der Waals surface area (Å²) in [5, 5.41) is 1.15. The lowest BCUT2D eigenvalue weighted by Crippen LogP contribution is -2.14. The highest BCUT2D eigenvalue weighted by atomic mass is 16.5. The SMILES string of the molecule is COc1cccc2nc(C(C)(C)C)cc(C(C)C)c12. The van der Waals surface area contributed by atoms with E-state index in [0.717, 1.165) is 22.3 Å². The first-order chi connectivity index (χ1) is 8.84. The number of hydrogen-bond acceptors (Lipinski definition) is 2. The third kappa shape index (κ3) is 2.58. The third-order valence-corrected chi connectivity index (χ3v) is 3.44. The second-order valence-corrected chi connectivity index (χ2v) is 6.36. The van der Waals surface area contributed by atoms with Gasteiger partial charge in [0.05, 0.1) is 12.6 Å². The third-order valence-electron chi connectivity index (χ3n) is 3.44. The molecular formula is C17H23NO. The Kier molecular flexibility index (Phi) is 3.53. The summed E-state index contributed by atoms with van der Waals surface area (Å²) in [7, 11) is 1.72. The molecule has 0 N–H and O–H groups in total. The van der Waals surface area contributed by atoms with Gasteiger partial charge in [-0.1, -0.05) is 40.7 Å². The van der Waals surface area contributed by atoms with Gasteiger partial charge in [-0.05, 0) is 29.7 Å². The van der Waals surface area contributed by atoms with E-state index in [1.165, 1.54) is 5.56 Å². The van der Waals surface area contributed by atoms with Crippen molar-refractivity contribution in [1.29, 1.82) is 0 Å². The molecule has 0 aliphatic carbocycles.